The summed E-state index contributed by atoms with van der Waals surface area (Å²) in [6.45, 7) is 0. The van der Waals surface area contributed by atoms with Crippen LogP contribution in [0.3, 0.4) is 0 Å². The molecule has 124 valence electrons. The van der Waals surface area contributed by atoms with Crippen LogP contribution in [0, 0.1) is 0 Å². The van der Waals surface area contributed by atoms with E-state index in [0.717, 1.165) is 27.3 Å². The molecule has 0 radical (unpaired) electrons. The number of hydrogen-bond acceptors (Lipinski definition) is 2. The minimum absolute atomic E-state index is 0.324. The van der Waals surface area contributed by atoms with Crippen LogP contribution in [0.4, 0.5) is 0 Å². The van der Waals surface area contributed by atoms with Gasteiger partial charge in [-0.3, -0.25) is 0 Å². The Morgan fingerprint density at radius 2 is 1.16 bits per heavy atom. The van der Waals surface area contributed by atoms with Crippen molar-refractivity contribution < 1.29 is 19.5 Å². The van der Waals surface area contributed by atoms with E-state index in [1.807, 2.05) is 36.4 Å². The monoisotopic (exact) mass is 351 g/mol. The second-order valence-electron chi connectivity index (χ2n) is 5.46. The summed E-state index contributed by atoms with van der Waals surface area (Å²) in [6.07, 6.45) is 0. The van der Waals surface area contributed by atoms with Crippen molar-refractivity contribution in [3.8, 4) is 16.9 Å². The van der Waals surface area contributed by atoms with E-state index >= 15 is 0 Å². The Balaban J connectivity index is 0.000000415. The molecule has 4 nitrogen and oxygen atoms in total. The largest absolute Gasteiger partial charge is 0.692 e. The van der Waals surface area contributed by atoms with E-state index in [2.05, 4.69) is 36.4 Å². The van der Waals surface area contributed by atoms with Crippen molar-refractivity contribution in [1.29, 1.82) is 0 Å². The van der Waals surface area contributed by atoms with Crippen molar-refractivity contribution >= 4 is 29.8 Å². The van der Waals surface area contributed by atoms with Crippen molar-refractivity contribution in [1.82, 2.24) is 0 Å². The van der Waals surface area contributed by atoms with Gasteiger partial charge in [-0.15, -0.1) is 9.79 Å². The first kappa shape index (κ1) is 17.1. The number of rotatable bonds is 1. The first-order valence-corrected chi connectivity index (χ1v) is 8.78. The molecule has 0 unspecified atom stereocenters. The Labute approximate surface area is 145 Å². The van der Waals surface area contributed by atoms with Crippen molar-refractivity contribution in [3.63, 3.8) is 0 Å². The van der Waals surface area contributed by atoms with Gasteiger partial charge in [-0.2, -0.15) is 0 Å². The second-order valence-corrected chi connectivity index (χ2v) is 5.97. The van der Waals surface area contributed by atoms with Crippen LogP contribution in [-0.4, -0.2) is 14.9 Å². The number of hydrogen-bond donors (Lipinski definition) is 3. The minimum atomic E-state index is -2.87. The maximum Gasteiger partial charge on any atom is 0.692 e. The molecule has 0 saturated heterocycles. The molecule has 0 atom stereocenters. The highest BCUT2D eigenvalue weighted by atomic mass is 31.1. The van der Waals surface area contributed by atoms with Gasteiger partial charge in [0.05, 0.1) is 0 Å². The fraction of sp³-hybridized carbons (Fsp3) is 0. The molecule has 0 spiro atoms. The second kappa shape index (κ2) is 7.41. The molecule has 0 bridgehead atoms. The van der Waals surface area contributed by atoms with Gasteiger partial charge < -0.3 is 5.11 Å². The quantitative estimate of drug-likeness (QED) is 0.422. The first-order valence-electron chi connectivity index (χ1n) is 7.62. The van der Waals surface area contributed by atoms with Gasteiger partial charge in [-0.05, 0) is 33.2 Å². The van der Waals surface area contributed by atoms with E-state index in [0.29, 0.717) is 5.75 Å². The fourth-order valence-electron chi connectivity index (χ4n) is 2.99. The lowest BCUT2D eigenvalue weighted by molar-refractivity contribution is 0.405. The van der Waals surface area contributed by atoms with Gasteiger partial charge in [0.2, 0.25) is 0 Å². The van der Waals surface area contributed by atoms with Crippen molar-refractivity contribution in [2.45, 2.75) is 0 Å². The lowest BCUT2D eigenvalue weighted by Gasteiger charge is -2.12. The average Bonchev–Trinajstić information content (AvgIpc) is 2.61. The van der Waals surface area contributed by atoms with Crippen LogP contribution >= 0.6 is 8.25 Å². The minimum Gasteiger partial charge on any atom is -0.507 e. The molecular weight excluding hydrogens is 335 g/mol. The molecule has 0 amide bonds. The summed E-state index contributed by atoms with van der Waals surface area (Å²) in [7, 11) is -2.87. The van der Waals surface area contributed by atoms with Crippen molar-refractivity contribution in [3.05, 3.63) is 78.9 Å². The standard InChI is InChI=1S/C20H14O.HO3P/c21-19-13-12-15-7-2-4-10-17(15)20(19)18-11-5-8-14-6-1-3-9-16(14)18;1-4(2)3/h1-13,21H;(H-,1,2,3)/p+1. The highest BCUT2D eigenvalue weighted by Crippen LogP contribution is 2.39. The van der Waals surface area contributed by atoms with Gasteiger partial charge in [0.15, 0.2) is 0 Å². The van der Waals surface area contributed by atoms with Crippen LogP contribution < -0.4 is 0 Å². The maximum absolute atomic E-state index is 10.4. The molecule has 4 rings (SSSR count). The van der Waals surface area contributed by atoms with Gasteiger partial charge in [-0.1, -0.05) is 72.8 Å². The number of phenols is 1. The smallest absolute Gasteiger partial charge is 0.507 e. The average molecular weight is 351 g/mol. The highest BCUT2D eigenvalue weighted by molar-refractivity contribution is 7.30. The summed E-state index contributed by atoms with van der Waals surface area (Å²) >= 11 is 0. The van der Waals surface area contributed by atoms with Gasteiger partial charge in [-0.25, -0.2) is 0 Å². The highest BCUT2D eigenvalue weighted by Gasteiger charge is 2.11. The fourth-order valence-corrected chi connectivity index (χ4v) is 2.99. The molecule has 4 aromatic rings. The molecule has 25 heavy (non-hydrogen) atoms. The van der Waals surface area contributed by atoms with Crippen LogP contribution in [0.25, 0.3) is 32.7 Å². The van der Waals surface area contributed by atoms with Crippen LogP contribution in [-0.2, 0) is 4.57 Å². The van der Waals surface area contributed by atoms with Crippen LogP contribution in [0.1, 0.15) is 0 Å². The lowest BCUT2D eigenvalue weighted by atomic mass is 9.93. The molecular formula is C20H16O4P+. The molecule has 0 aromatic heterocycles. The Morgan fingerprint density at radius 3 is 1.84 bits per heavy atom. The van der Waals surface area contributed by atoms with Gasteiger partial charge in [0, 0.05) is 10.1 Å². The third-order valence-electron chi connectivity index (χ3n) is 3.97. The first-order chi connectivity index (χ1) is 12.1. The van der Waals surface area contributed by atoms with E-state index in [9.17, 15) is 5.11 Å². The third-order valence-corrected chi connectivity index (χ3v) is 3.97. The molecule has 5 heteroatoms. The Bertz CT molecular complexity index is 1050. The molecule has 0 heterocycles. The Hall–Kier alpha value is -2.78. The van der Waals surface area contributed by atoms with Gasteiger partial charge in [0.25, 0.3) is 0 Å². The van der Waals surface area contributed by atoms with E-state index in [-0.39, 0.29) is 0 Å². The van der Waals surface area contributed by atoms with Gasteiger partial charge in [0.1, 0.15) is 5.75 Å². The number of phenolic OH excluding ortho intramolecular Hbond substituents is 1. The van der Waals surface area contributed by atoms with E-state index in [1.54, 1.807) is 6.07 Å². The SMILES string of the molecule is O=[P+](O)O.Oc1ccc2ccccc2c1-c1cccc2ccccc12. The molecule has 0 aliphatic carbocycles. The van der Waals surface area contributed by atoms with Crippen LogP contribution in [0.15, 0.2) is 78.9 Å². The predicted octanol–water partition coefficient (Wildman–Crippen LogP) is 4.99. The molecule has 3 N–H and O–H groups in total. The van der Waals surface area contributed by atoms with Crippen LogP contribution in [0.2, 0.25) is 0 Å². The number of fused-ring (bicyclic) bond motifs is 2. The van der Waals surface area contributed by atoms with E-state index < -0.39 is 8.25 Å². The van der Waals surface area contributed by atoms with Crippen LogP contribution in [0.5, 0.6) is 5.75 Å². The zero-order valence-corrected chi connectivity index (χ0v) is 14.1. The Kier molecular flexibility index (Phi) is 5.05. The summed E-state index contributed by atoms with van der Waals surface area (Å²) in [4.78, 5) is 14.2. The number of aromatic hydroxyl groups is 1. The van der Waals surface area contributed by atoms with Crippen molar-refractivity contribution in [2.24, 2.45) is 0 Å². The van der Waals surface area contributed by atoms with E-state index in [1.165, 1.54) is 5.39 Å². The third kappa shape index (κ3) is 3.67. The zero-order chi connectivity index (χ0) is 17.8. The molecule has 0 fully saturated rings. The van der Waals surface area contributed by atoms with Gasteiger partial charge >= 0.3 is 8.25 Å². The number of benzene rings is 4. The molecule has 0 aliphatic rings. The summed E-state index contributed by atoms with van der Waals surface area (Å²) in [6, 6.07) is 26.4. The topological polar surface area (TPSA) is 77.8 Å². The molecule has 0 aliphatic heterocycles. The summed E-state index contributed by atoms with van der Waals surface area (Å²) in [5.41, 5.74) is 1.98. The maximum atomic E-state index is 10.4. The zero-order valence-electron chi connectivity index (χ0n) is 13.2. The molecule has 4 aromatic carbocycles. The Morgan fingerprint density at radius 1 is 0.640 bits per heavy atom. The summed E-state index contributed by atoms with van der Waals surface area (Å²) in [5, 5.41) is 15.0. The van der Waals surface area contributed by atoms with E-state index in [4.69, 9.17) is 14.4 Å². The van der Waals surface area contributed by atoms with Crippen molar-refractivity contribution in [2.75, 3.05) is 0 Å². The predicted molar refractivity (Wildman–Crippen MR) is 101 cm³/mol. The molecule has 0 saturated carbocycles. The summed E-state index contributed by atoms with van der Waals surface area (Å²) in [5.74, 6) is 0.324. The summed E-state index contributed by atoms with van der Waals surface area (Å²) < 4.78 is 8.70. The normalized spacial score (nSPS) is 10.3. The lowest BCUT2D eigenvalue weighted by Crippen LogP contribution is -1.85.